The first-order valence-electron chi connectivity index (χ1n) is 8.72. The molecule has 0 saturated heterocycles. The molecule has 0 unspecified atom stereocenters. The molecular formula is C21H25N3Si. The fourth-order valence-corrected chi connectivity index (χ4v) is 4.42. The van der Waals surface area contributed by atoms with Gasteiger partial charge in [-0.3, -0.25) is 0 Å². The van der Waals surface area contributed by atoms with E-state index in [4.69, 9.17) is 0 Å². The van der Waals surface area contributed by atoms with Crippen LogP contribution >= 0.6 is 0 Å². The summed E-state index contributed by atoms with van der Waals surface area (Å²) in [5, 5.41) is 0. The average Bonchev–Trinajstić information content (AvgIpc) is 2.70. The first kappa shape index (κ1) is 17.6. The highest BCUT2D eigenvalue weighted by molar-refractivity contribution is 6.50. The van der Waals surface area contributed by atoms with E-state index in [0.29, 0.717) is 0 Å². The summed E-state index contributed by atoms with van der Waals surface area (Å²) in [7, 11) is -1.49. The normalized spacial score (nSPS) is 10.9. The van der Waals surface area contributed by atoms with E-state index >= 15 is 0 Å². The number of nitrogens with one attached hydrogen (secondary N) is 3. The second-order valence-corrected chi connectivity index (χ2v) is 8.12. The van der Waals surface area contributed by atoms with Crippen LogP contribution in [0.5, 0.6) is 0 Å². The summed E-state index contributed by atoms with van der Waals surface area (Å²) in [6.45, 7) is 2.63. The van der Waals surface area contributed by atoms with Crippen molar-refractivity contribution >= 4 is 9.28 Å². The molecule has 3 rings (SSSR count). The molecular weight excluding hydrogens is 322 g/mol. The maximum Gasteiger partial charge on any atom is 0.265 e. The van der Waals surface area contributed by atoms with E-state index in [1.54, 1.807) is 0 Å². The van der Waals surface area contributed by atoms with E-state index in [-0.39, 0.29) is 0 Å². The van der Waals surface area contributed by atoms with E-state index in [9.17, 15) is 0 Å². The Morgan fingerprint density at radius 2 is 0.720 bits per heavy atom. The summed E-state index contributed by atoms with van der Waals surface area (Å²) in [6.07, 6.45) is 0. The van der Waals surface area contributed by atoms with Crippen LogP contribution < -0.4 is 14.9 Å². The predicted molar refractivity (Wildman–Crippen MR) is 107 cm³/mol. The highest BCUT2D eigenvalue weighted by atomic mass is 28.3. The minimum atomic E-state index is -1.49. The van der Waals surface area contributed by atoms with Gasteiger partial charge in [-0.25, -0.2) is 0 Å². The standard InChI is InChI=1S/C21H25N3Si/c1-4-10-19(11-5-1)16-22-25(23-17-20-12-6-2-7-13-20)24-18-21-14-8-3-9-15-21/h1-15,22-25H,16-18H2. The van der Waals surface area contributed by atoms with Crippen LogP contribution in [0.15, 0.2) is 91.0 Å². The van der Waals surface area contributed by atoms with Crippen LogP contribution in [-0.2, 0) is 19.6 Å². The van der Waals surface area contributed by atoms with Crippen molar-refractivity contribution in [3.63, 3.8) is 0 Å². The second-order valence-electron chi connectivity index (χ2n) is 6.03. The Morgan fingerprint density at radius 3 is 1.00 bits per heavy atom. The molecule has 4 heteroatoms. The van der Waals surface area contributed by atoms with Gasteiger partial charge in [0.1, 0.15) is 0 Å². The molecule has 0 aliphatic rings. The SMILES string of the molecule is c1ccc(CN[SiH](NCc2ccccc2)NCc2ccccc2)cc1. The molecule has 0 fully saturated rings. The van der Waals surface area contributed by atoms with Gasteiger partial charge in [-0.2, -0.15) is 0 Å². The molecule has 128 valence electrons. The van der Waals surface area contributed by atoms with Crippen LogP contribution in [0.1, 0.15) is 16.7 Å². The van der Waals surface area contributed by atoms with Gasteiger partial charge in [-0.1, -0.05) is 91.0 Å². The van der Waals surface area contributed by atoms with Crippen molar-refractivity contribution in [2.24, 2.45) is 0 Å². The van der Waals surface area contributed by atoms with Crippen LogP contribution in [0.25, 0.3) is 0 Å². The van der Waals surface area contributed by atoms with Crippen molar-refractivity contribution in [2.75, 3.05) is 0 Å². The van der Waals surface area contributed by atoms with Gasteiger partial charge in [-0.05, 0) is 16.7 Å². The molecule has 0 bridgehead atoms. The molecule has 0 aromatic heterocycles. The van der Waals surface area contributed by atoms with E-state index in [0.717, 1.165) is 19.6 Å². The van der Waals surface area contributed by atoms with Gasteiger partial charge in [0.15, 0.2) is 0 Å². The Morgan fingerprint density at radius 1 is 0.440 bits per heavy atom. The molecule has 25 heavy (non-hydrogen) atoms. The summed E-state index contributed by atoms with van der Waals surface area (Å²) in [6, 6.07) is 31.6. The van der Waals surface area contributed by atoms with Gasteiger partial charge >= 0.3 is 0 Å². The maximum atomic E-state index is 3.69. The summed E-state index contributed by atoms with van der Waals surface area (Å²) in [4.78, 5) is 11.1. The lowest BCUT2D eigenvalue weighted by Crippen LogP contribution is -2.57. The molecule has 0 saturated carbocycles. The lowest BCUT2D eigenvalue weighted by atomic mass is 10.2. The Bertz CT molecular complexity index is 616. The third-order valence-corrected chi connectivity index (χ3v) is 5.90. The van der Waals surface area contributed by atoms with E-state index < -0.39 is 9.28 Å². The Hall–Kier alpha value is -2.24. The molecule has 3 nitrogen and oxygen atoms in total. The number of hydrogen-bond acceptors (Lipinski definition) is 3. The highest BCUT2D eigenvalue weighted by Crippen LogP contribution is 2.00. The van der Waals surface area contributed by atoms with Gasteiger partial charge in [0.2, 0.25) is 0 Å². The van der Waals surface area contributed by atoms with Crippen LogP contribution in [0.3, 0.4) is 0 Å². The van der Waals surface area contributed by atoms with Gasteiger partial charge < -0.3 is 14.9 Å². The quantitative estimate of drug-likeness (QED) is 0.521. The summed E-state index contributed by atoms with van der Waals surface area (Å²) in [5.41, 5.74) is 3.93. The van der Waals surface area contributed by atoms with Gasteiger partial charge in [0.25, 0.3) is 9.28 Å². The zero-order chi connectivity index (χ0) is 17.2. The fraction of sp³-hybridized carbons (Fsp3) is 0.143. The molecule has 0 spiro atoms. The summed E-state index contributed by atoms with van der Waals surface area (Å²) in [5.74, 6) is 0. The third kappa shape index (κ3) is 6.29. The zero-order valence-corrected chi connectivity index (χ0v) is 15.5. The Balaban J connectivity index is 1.56. The predicted octanol–water partition coefficient (Wildman–Crippen LogP) is 3.07. The van der Waals surface area contributed by atoms with Crippen LogP contribution in [-0.4, -0.2) is 9.28 Å². The van der Waals surface area contributed by atoms with Gasteiger partial charge in [0.05, 0.1) is 0 Å². The average molecular weight is 348 g/mol. The number of benzene rings is 3. The molecule has 0 radical (unpaired) electrons. The molecule has 0 amide bonds. The Kier molecular flexibility index (Phi) is 6.97. The molecule has 3 N–H and O–H groups in total. The maximum absolute atomic E-state index is 3.69. The minimum absolute atomic E-state index is 0.876. The monoisotopic (exact) mass is 347 g/mol. The minimum Gasteiger partial charge on any atom is -0.312 e. The second kappa shape index (κ2) is 9.91. The molecule has 3 aromatic carbocycles. The zero-order valence-electron chi connectivity index (χ0n) is 14.4. The smallest absolute Gasteiger partial charge is 0.265 e. The van der Waals surface area contributed by atoms with Crippen molar-refractivity contribution < 1.29 is 0 Å². The van der Waals surface area contributed by atoms with Gasteiger partial charge in [0, 0.05) is 19.6 Å². The van der Waals surface area contributed by atoms with Crippen molar-refractivity contribution in [2.45, 2.75) is 19.6 Å². The first-order chi connectivity index (χ1) is 12.4. The first-order valence-corrected chi connectivity index (χ1v) is 10.5. The Labute approximate surface area is 152 Å². The summed E-state index contributed by atoms with van der Waals surface area (Å²) >= 11 is 0. The molecule has 0 atom stereocenters. The van der Waals surface area contributed by atoms with Crippen molar-refractivity contribution in [3.8, 4) is 0 Å². The van der Waals surface area contributed by atoms with Crippen LogP contribution in [0.4, 0.5) is 0 Å². The van der Waals surface area contributed by atoms with Crippen LogP contribution in [0.2, 0.25) is 0 Å². The van der Waals surface area contributed by atoms with Crippen molar-refractivity contribution in [1.82, 2.24) is 14.9 Å². The number of rotatable bonds is 9. The molecule has 0 heterocycles. The lowest BCUT2D eigenvalue weighted by molar-refractivity contribution is 0.772. The fourth-order valence-electron chi connectivity index (χ4n) is 2.66. The van der Waals surface area contributed by atoms with Gasteiger partial charge in [-0.15, -0.1) is 0 Å². The topological polar surface area (TPSA) is 36.1 Å². The highest BCUT2D eigenvalue weighted by Gasteiger charge is 2.10. The number of hydrogen-bond donors (Lipinski definition) is 3. The largest absolute Gasteiger partial charge is 0.312 e. The van der Waals surface area contributed by atoms with E-state index in [2.05, 4.69) is 106 Å². The molecule has 0 aliphatic heterocycles. The molecule has 0 aliphatic carbocycles. The van der Waals surface area contributed by atoms with Crippen molar-refractivity contribution in [3.05, 3.63) is 108 Å². The van der Waals surface area contributed by atoms with Crippen LogP contribution in [0, 0.1) is 0 Å². The van der Waals surface area contributed by atoms with Crippen molar-refractivity contribution in [1.29, 1.82) is 0 Å². The molecule has 3 aromatic rings. The lowest BCUT2D eigenvalue weighted by Gasteiger charge is -2.20. The summed E-state index contributed by atoms with van der Waals surface area (Å²) < 4.78 is 0. The third-order valence-electron chi connectivity index (χ3n) is 4.06. The van der Waals surface area contributed by atoms with E-state index in [1.165, 1.54) is 16.7 Å². The van der Waals surface area contributed by atoms with E-state index in [1.807, 2.05) is 0 Å².